The molecule has 0 radical (unpaired) electrons. The molecule has 172 valence electrons. The van der Waals surface area contributed by atoms with Gasteiger partial charge in [0.2, 0.25) is 5.78 Å². The highest BCUT2D eigenvalue weighted by Gasteiger charge is 2.20. The Labute approximate surface area is 201 Å². The summed E-state index contributed by atoms with van der Waals surface area (Å²) in [6.07, 6.45) is 0. The molecule has 0 bridgehead atoms. The summed E-state index contributed by atoms with van der Waals surface area (Å²) in [6, 6.07) is 21.5. The van der Waals surface area contributed by atoms with Crippen molar-refractivity contribution in [1.29, 1.82) is 0 Å². The monoisotopic (exact) mass is 490 g/mol. The lowest BCUT2D eigenvalue weighted by Crippen LogP contribution is -2.22. The van der Waals surface area contributed by atoms with E-state index in [0.29, 0.717) is 32.5 Å². The van der Waals surface area contributed by atoms with Gasteiger partial charge in [0.15, 0.2) is 15.0 Å². The van der Waals surface area contributed by atoms with Crippen LogP contribution in [0.5, 0.6) is 0 Å². The van der Waals surface area contributed by atoms with E-state index in [-0.39, 0.29) is 11.3 Å². The van der Waals surface area contributed by atoms with Crippen LogP contribution < -0.4 is 5.56 Å². The molecule has 34 heavy (non-hydrogen) atoms. The highest BCUT2D eigenvalue weighted by Crippen LogP contribution is 2.25. The Bertz CT molecular complexity index is 1690. The van der Waals surface area contributed by atoms with Crippen LogP contribution in [-0.4, -0.2) is 39.1 Å². The molecule has 0 spiro atoms. The van der Waals surface area contributed by atoms with Crippen molar-refractivity contribution in [3.63, 3.8) is 0 Å². The number of para-hydroxylation sites is 1. The van der Waals surface area contributed by atoms with E-state index in [4.69, 9.17) is 0 Å². The Morgan fingerprint density at radius 1 is 0.882 bits per heavy atom. The number of sulfone groups is 1. The topological polar surface area (TPSA) is 86.3 Å². The Morgan fingerprint density at radius 3 is 2.41 bits per heavy atom. The third-order valence-corrected chi connectivity index (χ3v) is 8.82. The van der Waals surface area contributed by atoms with Crippen molar-refractivity contribution in [2.45, 2.75) is 23.9 Å². The van der Waals surface area contributed by atoms with Gasteiger partial charge in [0.05, 0.1) is 27.2 Å². The third kappa shape index (κ3) is 3.80. The number of nitrogens with zero attached hydrogens (tertiary/aromatic N) is 4. The fourth-order valence-electron chi connectivity index (χ4n) is 3.96. The molecule has 0 aliphatic rings. The Balaban J connectivity index is 1.61. The molecule has 9 heteroatoms. The largest absolute Gasteiger partial charge is 0.268 e. The molecule has 2 aromatic heterocycles. The summed E-state index contributed by atoms with van der Waals surface area (Å²) in [6.45, 7) is 3.98. The highest BCUT2D eigenvalue weighted by atomic mass is 32.2. The van der Waals surface area contributed by atoms with Crippen molar-refractivity contribution in [1.82, 2.24) is 19.2 Å². The minimum absolute atomic E-state index is 0.0366. The minimum Gasteiger partial charge on any atom is -0.268 e. The van der Waals surface area contributed by atoms with Crippen LogP contribution in [0.4, 0.5) is 0 Å². The molecule has 0 unspecified atom stereocenters. The van der Waals surface area contributed by atoms with Crippen LogP contribution in [0.2, 0.25) is 0 Å². The zero-order chi connectivity index (χ0) is 23.9. The Hall–Kier alpha value is -3.43. The van der Waals surface area contributed by atoms with E-state index in [9.17, 15) is 13.2 Å². The van der Waals surface area contributed by atoms with E-state index in [2.05, 4.69) is 10.2 Å². The summed E-state index contributed by atoms with van der Waals surface area (Å²) in [7, 11) is -3.41. The lowest BCUT2D eigenvalue weighted by atomic mass is 10.1. The summed E-state index contributed by atoms with van der Waals surface area (Å²) in [5, 5.41) is 9.77. The molecule has 0 fully saturated rings. The van der Waals surface area contributed by atoms with E-state index in [1.165, 1.54) is 11.8 Å². The molecule has 0 atom stereocenters. The van der Waals surface area contributed by atoms with Gasteiger partial charge in [0.1, 0.15) is 0 Å². The summed E-state index contributed by atoms with van der Waals surface area (Å²) in [5.41, 5.74) is 3.30. The molecular formula is C25H22N4O3S2. The predicted molar refractivity (Wildman–Crippen MR) is 135 cm³/mol. The molecule has 5 rings (SSSR count). The van der Waals surface area contributed by atoms with Crippen LogP contribution >= 0.6 is 11.8 Å². The Kier molecular flexibility index (Phi) is 5.75. The molecule has 2 heterocycles. The number of hydrogen-bond acceptors (Lipinski definition) is 6. The number of fused-ring (bicyclic) bond motifs is 3. The van der Waals surface area contributed by atoms with Gasteiger partial charge in [-0.2, -0.15) is 0 Å². The van der Waals surface area contributed by atoms with E-state index < -0.39 is 9.84 Å². The van der Waals surface area contributed by atoms with Crippen LogP contribution in [0.1, 0.15) is 11.1 Å². The SMILES string of the molecule is Cc1cccc(-n2c(=O)c3ccccc3n3c(SCCS(=O)(=O)c4ccccc4)nnc23)c1C. The van der Waals surface area contributed by atoms with Gasteiger partial charge in [-0.25, -0.2) is 13.0 Å². The maximum absolute atomic E-state index is 13.5. The quantitative estimate of drug-likeness (QED) is 0.331. The summed E-state index contributed by atoms with van der Waals surface area (Å²) in [4.78, 5) is 13.8. The molecule has 0 saturated heterocycles. The maximum Gasteiger partial charge on any atom is 0.267 e. The fourth-order valence-corrected chi connectivity index (χ4v) is 6.56. The number of rotatable bonds is 6. The Morgan fingerprint density at radius 2 is 1.62 bits per heavy atom. The lowest BCUT2D eigenvalue weighted by molar-refractivity contribution is 0.597. The van der Waals surface area contributed by atoms with Crippen molar-refractivity contribution in [2.75, 3.05) is 11.5 Å². The van der Waals surface area contributed by atoms with Gasteiger partial charge in [0.25, 0.3) is 5.56 Å². The number of aromatic nitrogens is 4. The highest BCUT2D eigenvalue weighted by molar-refractivity contribution is 8.00. The minimum atomic E-state index is -3.41. The first-order valence-electron chi connectivity index (χ1n) is 10.7. The molecule has 0 aliphatic heterocycles. The van der Waals surface area contributed by atoms with Crippen LogP contribution in [0.15, 0.2) is 87.6 Å². The molecule has 0 saturated carbocycles. The maximum atomic E-state index is 13.5. The number of thioether (sulfide) groups is 1. The second kappa shape index (κ2) is 8.73. The van der Waals surface area contributed by atoms with Gasteiger partial charge < -0.3 is 0 Å². The summed E-state index contributed by atoms with van der Waals surface area (Å²) < 4.78 is 28.8. The first-order chi connectivity index (χ1) is 16.4. The molecule has 0 aliphatic carbocycles. The fraction of sp³-hybridized carbons (Fsp3) is 0.160. The van der Waals surface area contributed by atoms with Crippen molar-refractivity contribution < 1.29 is 8.42 Å². The molecule has 3 aromatic carbocycles. The van der Waals surface area contributed by atoms with Crippen molar-refractivity contribution in [3.05, 3.63) is 94.3 Å². The van der Waals surface area contributed by atoms with Crippen molar-refractivity contribution >= 4 is 38.3 Å². The number of hydrogen-bond donors (Lipinski definition) is 0. The van der Waals surface area contributed by atoms with Crippen LogP contribution in [0.3, 0.4) is 0 Å². The molecular weight excluding hydrogens is 468 g/mol. The lowest BCUT2D eigenvalue weighted by Gasteiger charge is -2.14. The van der Waals surface area contributed by atoms with Gasteiger partial charge in [-0.3, -0.25) is 9.20 Å². The van der Waals surface area contributed by atoms with Gasteiger partial charge in [-0.1, -0.05) is 54.2 Å². The van der Waals surface area contributed by atoms with Gasteiger partial charge in [0, 0.05) is 5.75 Å². The van der Waals surface area contributed by atoms with Crippen molar-refractivity contribution in [3.8, 4) is 5.69 Å². The molecule has 0 N–H and O–H groups in total. The zero-order valence-corrected chi connectivity index (χ0v) is 20.3. The predicted octanol–water partition coefficient (Wildman–Crippen LogP) is 4.22. The molecule has 0 amide bonds. The van der Waals surface area contributed by atoms with Gasteiger partial charge >= 0.3 is 0 Å². The van der Waals surface area contributed by atoms with E-state index in [0.717, 1.165) is 16.8 Å². The molecule has 7 nitrogen and oxygen atoms in total. The third-order valence-electron chi connectivity index (χ3n) is 5.90. The van der Waals surface area contributed by atoms with Gasteiger partial charge in [-0.05, 0) is 55.3 Å². The average Bonchev–Trinajstić information content (AvgIpc) is 3.26. The van der Waals surface area contributed by atoms with E-state index >= 15 is 0 Å². The smallest absolute Gasteiger partial charge is 0.267 e. The molecule has 5 aromatic rings. The van der Waals surface area contributed by atoms with Crippen LogP contribution in [0.25, 0.3) is 22.4 Å². The summed E-state index contributed by atoms with van der Waals surface area (Å²) in [5.74, 6) is 0.658. The normalized spacial score (nSPS) is 11.9. The second-order valence-corrected chi connectivity index (χ2v) is 11.1. The number of benzene rings is 3. The second-order valence-electron chi connectivity index (χ2n) is 7.98. The van der Waals surface area contributed by atoms with E-state index in [1.54, 1.807) is 41.0 Å². The zero-order valence-electron chi connectivity index (χ0n) is 18.7. The van der Waals surface area contributed by atoms with Gasteiger partial charge in [-0.15, -0.1) is 10.2 Å². The van der Waals surface area contributed by atoms with Crippen LogP contribution in [0, 0.1) is 13.8 Å². The van der Waals surface area contributed by atoms with E-state index in [1.807, 2.05) is 54.6 Å². The number of aryl methyl sites for hydroxylation is 1. The van der Waals surface area contributed by atoms with Crippen LogP contribution in [-0.2, 0) is 9.84 Å². The summed E-state index contributed by atoms with van der Waals surface area (Å²) >= 11 is 1.30. The average molecular weight is 491 g/mol. The van der Waals surface area contributed by atoms with Crippen molar-refractivity contribution in [2.24, 2.45) is 0 Å². The first kappa shape index (κ1) is 22.4. The first-order valence-corrected chi connectivity index (χ1v) is 13.4. The standard InChI is InChI=1S/C25H22N4O3S2/c1-17-9-8-14-21(18(17)2)28-23(30)20-12-6-7-13-22(20)29-24(28)26-27-25(29)33-15-16-34(31,32)19-10-4-3-5-11-19/h3-14H,15-16H2,1-2H3.